The van der Waals surface area contributed by atoms with Crippen LogP contribution in [0.15, 0.2) is 22.4 Å². The van der Waals surface area contributed by atoms with Crippen LogP contribution in [0, 0.1) is 0 Å². The number of aromatic nitrogens is 5. The monoisotopic (exact) mass is 294 g/mol. The number of rotatable bonds is 6. The maximum absolute atomic E-state index is 5.55. The first-order chi connectivity index (χ1) is 9.56. The van der Waals surface area contributed by atoms with E-state index in [1.54, 1.807) is 10.9 Å². The third-order valence-corrected chi connectivity index (χ3v) is 2.97. The van der Waals surface area contributed by atoms with Gasteiger partial charge in [0.25, 0.3) is 0 Å². The normalized spacial score (nSPS) is 10.8. The van der Waals surface area contributed by atoms with E-state index in [4.69, 9.17) is 4.74 Å². The number of ether oxygens (including phenoxy) is 1. The summed E-state index contributed by atoms with van der Waals surface area (Å²) in [5.74, 6) is 0.518. The van der Waals surface area contributed by atoms with Crippen LogP contribution in [0.1, 0.15) is 20.8 Å². The molecule has 8 heteroatoms. The zero-order chi connectivity index (χ0) is 14.5. The number of nitrogens with one attached hydrogen (secondary N) is 1. The average molecular weight is 294 g/mol. The molecule has 7 nitrogen and oxygen atoms in total. The summed E-state index contributed by atoms with van der Waals surface area (Å²) in [5.41, 5.74) is 0. The van der Waals surface area contributed by atoms with E-state index in [2.05, 4.69) is 25.4 Å². The van der Waals surface area contributed by atoms with Gasteiger partial charge in [-0.05, 0) is 32.5 Å². The van der Waals surface area contributed by atoms with Crippen LogP contribution in [0.5, 0.6) is 6.01 Å². The Labute approximate surface area is 122 Å². The Balaban J connectivity index is 2.23. The Morgan fingerprint density at radius 3 is 2.75 bits per heavy atom. The lowest BCUT2D eigenvalue weighted by Gasteiger charge is -2.10. The van der Waals surface area contributed by atoms with Crippen LogP contribution < -0.4 is 10.1 Å². The predicted molar refractivity (Wildman–Crippen MR) is 77.1 cm³/mol. The Morgan fingerprint density at radius 2 is 2.15 bits per heavy atom. The summed E-state index contributed by atoms with van der Waals surface area (Å²) >= 11 is 1.42. The highest BCUT2D eigenvalue weighted by Gasteiger charge is 2.10. The standard InChI is InChI=1S/C12H18N6OS/c1-5-13-10-15-11(19-8(2)3)17-12(16-10)20-9-6-14-18(4)7-9/h6-8H,5H2,1-4H3,(H,13,15,16,17). The lowest BCUT2D eigenvalue weighted by Crippen LogP contribution is -2.11. The van der Waals surface area contributed by atoms with Gasteiger partial charge in [-0.15, -0.1) is 0 Å². The lowest BCUT2D eigenvalue weighted by atomic mass is 10.5. The van der Waals surface area contributed by atoms with E-state index >= 15 is 0 Å². The van der Waals surface area contributed by atoms with Crippen LogP contribution in [0.25, 0.3) is 0 Å². The molecule has 0 aliphatic rings. The molecule has 0 aliphatic heterocycles. The van der Waals surface area contributed by atoms with E-state index in [0.29, 0.717) is 17.1 Å². The molecule has 108 valence electrons. The van der Waals surface area contributed by atoms with Gasteiger partial charge >= 0.3 is 6.01 Å². The summed E-state index contributed by atoms with van der Waals surface area (Å²) in [5, 5.41) is 7.78. The van der Waals surface area contributed by atoms with Gasteiger partial charge in [0, 0.05) is 19.8 Å². The smallest absolute Gasteiger partial charge is 0.322 e. The highest BCUT2D eigenvalue weighted by molar-refractivity contribution is 7.99. The van der Waals surface area contributed by atoms with Crippen LogP contribution in [-0.4, -0.2) is 37.4 Å². The van der Waals surface area contributed by atoms with Gasteiger partial charge in [-0.2, -0.15) is 20.1 Å². The maximum atomic E-state index is 5.55. The lowest BCUT2D eigenvalue weighted by molar-refractivity contribution is 0.219. The highest BCUT2D eigenvalue weighted by atomic mass is 32.2. The van der Waals surface area contributed by atoms with Crippen molar-refractivity contribution in [2.24, 2.45) is 7.05 Å². The largest absolute Gasteiger partial charge is 0.461 e. The van der Waals surface area contributed by atoms with Gasteiger partial charge in [-0.3, -0.25) is 4.68 Å². The van der Waals surface area contributed by atoms with Crippen molar-refractivity contribution in [3.8, 4) is 6.01 Å². The number of hydrogen-bond donors (Lipinski definition) is 1. The second kappa shape index (κ2) is 6.56. The quantitative estimate of drug-likeness (QED) is 0.872. The van der Waals surface area contributed by atoms with E-state index in [1.165, 1.54) is 11.8 Å². The molecule has 2 aromatic heterocycles. The molecule has 0 bridgehead atoms. The first-order valence-corrected chi connectivity index (χ1v) is 7.21. The molecular weight excluding hydrogens is 276 g/mol. The first-order valence-electron chi connectivity index (χ1n) is 6.40. The second-order valence-electron chi connectivity index (χ2n) is 4.37. The van der Waals surface area contributed by atoms with Gasteiger partial charge in [0.05, 0.1) is 17.2 Å². The minimum absolute atomic E-state index is 0.0168. The molecule has 2 aromatic rings. The van der Waals surface area contributed by atoms with E-state index in [1.807, 2.05) is 34.0 Å². The molecule has 0 spiro atoms. The second-order valence-corrected chi connectivity index (χ2v) is 5.41. The molecule has 20 heavy (non-hydrogen) atoms. The number of aryl methyl sites for hydroxylation is 1. The van der Waals surface area contributed by atoms with E-state index < -0.39 is 0 Å². The van der Waals surface area contributed by atoms with E-state index in [9.17, 15) is 0 Å². The third-order valence-electron chi connectivity index (χ3n) is 2.16. The van der Waals surface area contributed by atoms with Crippen LogP contribution in [0.4, 0.5) is 5.95 Å². The number of nitrogens with zero attached hydrogens (tertiary/aromatic N) is 5. The Kier molecular flexibility index (Phi) is 4.78. The van der Waals surface area contributed by atoms with Gasteiger partial charge in [0.15, 0.2) is 0 Å². The molecule has 0 saturated heterocycles. The molecule has 2 heterocycles. The van der Waals surface area contributed by atoms with Gasteiger partial charge < -0.3 is 10.1 Å². The van der Waals surface area contributed by atoms with Crippen molar-refractivity contribution in [3.05, 3.63) is 12.4 Å². The van der Waals surface area contributed by atoms with Crippen molar-refractivity contribution in [3.63, 3.8) is 0 Å². The average Bonchev–Trinajstić information content (AvgIpc) is 2.74. The Hall–Kier alpha value is -1.83. The molecule has 0 unspecified atom stereocenters. The number of hydrogen-bond acceptors (Lipinski definition) is 7. The molecule has 0 saturated carbocycles. The summed E-state index contributed by atoms with van der Waals surface area (Å²) in [6.45, 7) is 6.60. The van der Waals surface area contributed by atoms with Crippen LogP contribution in [-0.2, 0) is 7.05 Å². The minimum atomic E-state index is 0.0168. The molecule has 0 amide bonds. The van der Waals surface area contributed by atoms with Crippen molar-refractivity contribution in [2.45, 2.75) is 36.9 Å². The fraction of sp³-hybridized carbons (Fsp3) is 0.500. The maximum Gasteiger partial charge on any atom is 0.322 e. The van der Waals surface area contributed by atoms with E-state index in [-0.39, 0.29) is 6.10 Å². The molecule has 0 aliphatic carbocycles. The summed E-state index contributed by atoms with van der Waals surface area (Å²) in [7, 11) is 1.87. The minimum Gasteiger partial charge on any atom is -0.461 e. The van der Waals surface area contributed by atoms with Gasteiger partial charge in [-0.25, -0.2) is 0 Å². The SMILES string of the molecule is CCNc1nc(OC(C)C)nc(Sc2cnn(C)c2)n1. The Bertz CT molecular complexity index is 571. The van der Waals surface area contributed by atoms with Crippen LogP contribution in [0.3, 0.4) is 0 Å². The highest BCUT2D eigenvalue weighted by Crippen LogP contribution is 2.25. The first kappa shape index (κ1) is 14.6. The van der Waals surface area contributed by atoms with Crippen molar-refractivity contribution in [1.29, 1.82) is 0 Å². The van der Waals surface area contributed by atoms with E-state index in [0.717, 1.165) is 11.4 Å². The molecule has 1 N–H and O–H groups in total. The van der Waals surface area contributed by atoms with Crippen molar-refractivity contribution >= 4 is 17.7 Å². The van der Waals surface area contributed by atoms with Crippen molar-refractivity contribution in [2.75, 3.05) is 11.9 Å². The fourth-order valence-corrected chi connectivity index (χ4v) is 2.21. The Morgan fingerprint density at radius 1 is 1.35 bits per heavy atom. The predicted octanol–water partition coefficient (Wildman–Crippen LogP) is 1.98. The zero-order valence-electron chi connectivity index (χ0n) is 12.0. The molecular formula is C12H18N6OS. The van der Waals surface area contributed by atoms with Gasteiger partial charge in [0.2, 0.25) is 11.1 Å². The topological polar surface area (TPSA) is 77.8 Å². The van der Waals surface area contributed by atoms with Gasteiger partial charge in [-0.1, -0.05) is 0 Å². The zero-order valence-corrected chi connectivity index (χ0v) is 12.8. The summed E-state index contributed by atoms with van der Waals surface area (Å²) in [6, 6.07) is 0.331. The van der Waals surface area contributed by atoms with Crippen LogP contribution in [0.2, 0.25) is 0 Å². The number of anilines is 1. The summed E-state index contributed by atoms with van der Waals surface area (Å²) < 4.78 is 7.28. The third kappa shape index (κ3) is 4.09. The van der Waals surface area contributed by atoms with Gasteiger partial charge in [0.1, 0.15) is 0 Å². The van der Waals surface area contributed by atoms with Crippen molar-refractivity contribution in [1.82, 2.24) is 24.7 Å². The van der Waals surface area contributed by atoms with Crippen molar-refractivity contribution < 1.29 is 4.74 Å². The fourth-order valence-electron chi connectivity index (χ4n) is 1.44. The molecule has 0 aromatic carbocycles. The molecule has 2 rings (SSSR count). The molecule has 0 atom stereocenters. The summed E-state index contributed by atoms with van der Waals surface area (Å²) in [6.07, 6.45) is 3.69. The molecule has 0 radical (unpaired) electrons. The molecule has 0 fully saturated rings. The van der Waals surface area contributed by atoms with Crippen LogP contribution >= 0.6 is 11.8 Å². The summed E-state index contributed by atoms with van der Waals surface area (Å²) in [4.78, 5) is 13.8.